The summed E-state index contributed by atoms with van der Waals surface area (Å²) in [5, 5.41) is 9.93. The number of hydrogen-bond donors (Lipinski definition) is 1. The fourth-order valence-electron chi connectivity index (χ4n) is 2.59. The van der Waals surface area contributed by atoms with Gasteiger partial charge >= 0.3 is 0 Å². The van der Waals surface area contributed by atoms with Crippen molar-refractivity contribution in [1.29, 1.82) is 0 Å². The largest absolute Gasteiger partial charge is 0.389 e. The molecule has 0 aliphatic rings. The zero-order chi connectivity index (χ0) is 15.7. The Labute approximate surface area is 125 Å². The molecule has 112 valence electrons. The van der Waals surface area contributed by atoms with Gasteiger partial charge < -0.3 is 10.0 Å². The summed E-state index contributed by atoms with van der Waals surface area (Å²) in [6, 6.07) is 9.49. The van der Waals surface area contributed by atoms with Crippen molar-refractivity contribution >= 4 is 11.4 Å². The number of aryl methyl sites for hydroxylation is 3. The predicted molar refractivity (Wildman–Crippen MR) is 85.7 cm³/mol. The number of nitrogens with zero attached hydrogens (tertiary/aromatic N) is 1. The Balaban J connectivity index is 2.56. The zero-order valence-electron chi connectivity index (χ0n) is 13.2. The summed E-state index contributed by atoms with van der Waals surface area (Å²) in [5.41, 5.74) is 5.38. The average molecular weight is 287 g/mol. The van der Waals surface area contributed by atoms with Crippen LogP contribution in [0.4, 0.5) is 15.8 Å². The molecule has 0 saturated carbocycles. The van der Waals surface area contributed by atoms with E-state index in [0.717, 1.165) is 11.4 Å². The second kappa shape index (κ2) is 5.86. The molecular formula is C18H22FNO. The summed E-state index contributed by atoms with van der Waals surface area (Å²) >= 11 is 0. The van der Waals surface area contributed by atoms with E-state index in [1.165, 1.54) is 17.2 Å². The molecule has 0 aromatic heterocycles. The quantitative estimate of drug-likeness (QED) is 0.893. The van der Waals surface area contributed by atoms with Gasteiger partial charge in [-0.2, -0.15) is 0 Å². The van der Waals surface area contributed by atoms with E-state index >= 15 is 0 Å². The van der Waals surface area contributed by atoms with Crippen LogP contribution in [0.15, 0.2) is 30.3 Å². The molecule has 2 nitrogen and oxygen atoms in total. The maximum atomic E-state index is 13.8. The molecule has 3 heteroatoms. The first-order valence-corrected chi connectivity index (χ1v) is 7.09. The smallest absolute Gasteiger partial charge is 0.126 e. The third kappa shape index (κ3) is 3.24. The Morgan fingerprint density at radius 1 is 1.00 bits per heavy atom. The van der Waals surface area contributed by atoms with E-state index in [4.69, 9.17) is 0 Å². The van der Waals surface area contributed by atoms with E-state index in [-0.39, 0.29) is 5.82 Å². The van der Waals surface area contributed by atoms with E-state index in [9.17, 15) is 9.50 Å². The van der Waals surface area contributed by atoms with Crippen LogP contribution in [-0.2, 0) is 0 Å². The van der Waals surface area contributed by atoms with Crippen LogP contribution < -0.4 is 4.90 Å². The maximum Gasteiger partial charge on any atom is 0.126 e. The van der Waals surface area contributed by atoms with Crippen molar-refractivity contribution in [3.63, 3.8) is 0 Å². The van der Waals surface area contributed by atoms with Gasteiger partial charge in [0.05, 0.1) is 6.10 Å². The number of hydrogen-bond acceptors (Lipinski definition) is 2. The summed E-state index contributed by atoms with van der Waals surface area (Å²) in [7, 11) is 1.94. The highest BCUT2D eigenvalue weighted by Gasteiger charge is 2.16. The van der Waals surface area contributed by atoms with Crippen molar-refractivity contribution in [3.8, 4) is 0 Å². The number of benzene rings is 2. The van der Waals surface area contributed by atoms with Gasteiger partial charge in [-0.1, -0.05) is 6.07 Å². The highest BCUT2D eigenvalue weighted by molar-refractivity contribution is 5.68. The van der Waals surface area contributed by atoms with E-state index in [0.29, 0.717) is 11.1 Å². The van der Waals surface area contributed by atoms with Crippen LogP contribution in [0.5, 0.6) is 0 Å². The minimum absolute atomic E-state index is 0.288. The van der Waals surface area contributed by atoms with Crippen LogP contribution >= 0.6 is 0 Å². The van der Waals surface area contributed by atoms with Crippen LogP contribution in [0.3, 0.4) is 0 Å². The average Bonchev–Trinajstić information content (AvgIpc) is 2.39. The third-order valence-corrected chi connectivity index (χ3v) is 3.71. The fourth-order valence-corrected chi connectivity index (χ4v) is 2.59. The topological polar surface area (TPSA) is 23.5 Å². The molecule has 1 N–H and O–H groups in total. The van der Waals surface area contributed by atoms with Crippen LogP contribution in [-0.4, -0.2) is 12.2 Å². The number of anilines is 2. The molecule has 0 fully saturated rings. The van der Waals surface area contributed by atoms with Crippen LogP contribution in [0, 0.1) is 26.6 Å². The van der Waals surface area contributed by atoms with Gasteiger partial charge in [0.15, 0.2) is 0 Å². The van der Waals surface area contributed by atoms with E-state index in [2.05, 4.69) is 32.0 Å². The van der Waals surface area contributed by atoms with Gasteiger partial charge in [-0.05, 0) is 68.7 Å². The molecular weight excluding hydrogens is 265 g/mol. The zero-order valence-corrected chi connectivity index (χ0v) is 13.2. The summed E-state index contributed by atoms with van der Waals surface area (Å²) in [6.45, 7) is 7.49. The maximum absolute atomic E-state index is 13.8. The summed E-state index contributed by atoms with van der Waals surface area (Å²) < 4.78 is 13.8. The number of aliphatic hydroxyl groups excluding tert-OH is 1. The van der Waals surface area contributed by atoms with Gasteiger partial charge in [-0.15, -0.1) is 0 Å². The molecule has 0 spiro atoms. The first-order valence-electron chi connectivity index (χ1n) is 7.09. The summed E-state index contributed by atoms with van der Waals surface area (Å²) in [6.07, 6.45) is -0.719. The molecule has 2 rings (SSSR count). The van der Waals surface area contributed by atoms with Crippen LogP contribution in [0.1, 0.15) is 35.3 Å². The molecule has 0 unspecified atom stereocenters. The van der Waals surface area contributed by atoms with Crippen molar-refractivity contribution in [2.24, 2.45) is 0 Å². The van der Waals surface area contributed by atoms with E-state index < -0.39 is 6.10 Å². The lowest BCUT2D eigenvalue weighted by Crippen LogP contribution is -2.14. The number of rotatable bonds is 3. The molecule has 0 heterocycles. The van der Waals surface area contributed by atoms with Gasteiger partial charge in [0.2, 0.25) is 0 Å². The Bertz CT molecular complexity index is 644. The molecule has 0 amide bonds. The Morgan fingerprint density at radius 2 is 1.57 bits per heavy atom. The number of halogens is 1. The molecule has 0 bridgehead atoms. The third-order valence-electron chi connectivity index (χ3n) is 3.71. The lowest BCUT2D eigenvalue weighted by molar-refractivity contribution is 0.199. The van der Waals surface area contributed by atoms with Crippen molar-refractivity contribution in [1.82, 2.24) is 0 Å². The fraction of sp³-hybridized carbons (Fsp3) is 0.333. The van der Waals surface area contributed by atoms with E-state index in [1.807, 2.05) is 11.9 Å². The van der Waals surface area contributed by atoms with Crippen molar-refractivity contribution in [2.75, 3.05) is 11.9 Å². The molecule has 21 heavy (non-hydrogen) atoms. The Kier molecular flexibility index (Phi) is 4.33. The first-order chi connectivity index (χ1) is 9.79. The Hall–Kier alpha value is -1.87. The second-order valence-electron chi connectivity index (χ2n) is 5.74. The Morgan fingerprint density at radius 3 is 2.10 bits per heavy atom. The standard InChI is InChI=1S/C18H22FNO/c1-11-6-12(2)8-15(7-11)20(5)18-9-13(3)17(19)10-16(18)14(4)21/h6-10,14,21H,1-5H3/t14-/m0/s1. The minimum Gasteiger partial charge on any atom is -0.389 e. The van der Waals surface area contributed by atoms with Gasteiger partial charge in [0.25, 0.3) is 0 Å². The molecule has 0 aliphatic carbocycles. The SMILES string of the molecule is Cc1cc(C)cc(N(C)c2cc(C)c(F)cc2[C@H](C)O)c1. The van der Waals surface area contributed by atoms with Crippen LogP contribution in [0.2, 0.25) is 0 Å². The molecule has 2 aromatic carbocycles. The molecule has 0 saturated heterocycles. The first kappa shape index (κ1) is 15.5. The van der Waals surface area contributed by atoms with Gasteiger partial charge in [-0.3, -0.25) is 0 Å². The van der Waals surface area contributed by atoms with Crippen molar-refractivity contribution < 1.29 is 9.50 Å². The number of aliphatic hydroxyl groups is 1. The van der Waals surface area contributed by atoms with Gasteiger partial charge in [-0.25, -0.2) is 4.39 Å². The normalized spacial score (nSPS) is 12.3. The molecule has 0 radical (unpaired) electrons. The van der Waals surface area contributed by atoms with Gasteiger partial charge in [0.1, 0.15) is 5.82 Å². The second-order valence-corrected chi connectivity index (χ2v) is 5.74. The molecule has 2 aromatic rings. The lowest BCUT2D eigenvalue weighted by Gasteiger charge is -2.25. The lowest BCUT2D eigenvalue weighted by atomic mass is 10.0. The molecule has 0 aliphatic heterocycles. The van der Waals surface area contributed by atoms with Gasteiger partial charge in [0, 0.05) is 24.0 Å². The van der Waals surface area contributed by atoms with Crippen LogP contribution in [0.25, 0.3) is 0 Å². The van der Waals surface area contributed by atoms with E-state index in [1.54, 1.807) is 19.9 Å². The van der Waals surface area contributed by atoms with Crippen molar-refractivity contribution in [2.45, 2.75) is 33.8 Å². The predicted octanol–water partition coefficient (Wildman–Crippen LogP) is 4.57. The molecule has 1 atom stereocenters. The monoisotopic (exact) mass is 287 g/mol. The van der Waals surface area contributed by atoms with Crippen molar-refractivity contribution in [3.05, 3.63) is 58.4 Å². The summed E-state index contributed by atoms with van der Waals surface area (Å²) in [4.78, 5) is 1.99. The summed E-state index contributed by atoms with van der Waals surface area (Å²) in [5.74, 6) is -0.288. The highest BCUT2D eigenvalue weighted by Crippen LogP contribution is 2.33. The highest BCUT2D eigenvalue weighted by atomic mass is 19.1. The minimum atomic E-state index is -0.719.